The average Bonchev–Trinajstić information content (AvgIpc) is 3.55. The first kappa shape index (κ1) is 22.9. The standard InChI is InChI=1S/C24H22N8O4/c1-3-18-25-22-20(23(34)26-24(35)32(22)13-19(33)36-2)31(18)12-14-8-10-15(11-9-14)16-6-4-5-7-17(16)21-27-29-30-28-21/h4-11H,3,12-13H2,1-2H3,(H,26,34,35)(H,27,28,29,30). The number of carbonyl (C=O) groups excluding carboxylic acids is 1. The van der Waals surface area contributed by atoms with Crippen LogP contribution in [0.2, 0.25) is 0 Å². The van der Waals surface area contributed by atoms with Crippen molar-refractivity contribution in [3.05, 3.63) is 80.8 Å². The molecule has 2 aromatic carbocycles. The van der Waals surface area contributed by atoms with Crippen molar-refractivity contribution >= 4 is 17.1 Å². The van der Waals surface area contributed by atoms with Crippen molar-refractivity contribution in [3.8, 4) is 22.5 Å². The Morgan fingerprint density at radius 1 is 1.03 bits per heavy atom. The van der Waals surface area contributed by atoms with E-state index in [4.69, 9.17) is 0 Å². The van der Waals surface area contributed by atoms with Gasteiger partial charge in [-0.1, -0.05) is 55.5 Å². The topological polar surface area (TPSA) is 153 Å². The Kier molecular flexibility index (Phi) is 5.98. The van der Waals surface area contributed by atoms with Crippen LogP contribution in [0.5, 0.6) is 0 Å². The SMILES string of the molecule is CCc1nc2c(c(=O)[nH]c(=O)n2CC(=O)OC)n1Cc1ccc(-c2ccccc2-c2nnn[nH]2)cc1. The molecule has 3 heterocycles. The van der Waals surface area contributed by atoms with E-state index in [0.717, 1.165) is 26.8 Å². The van der Waals surface area contributed by atoms with Crippen LogP contribution in [0.15, 0.2) is 58.1 Å². The van der Waals surface area contributed by atoms with Crippen molar-refractivity contribution < 1.29 is 9.53 Å². The number of benzene rings is 2. The molecule has 0 aliphatic carbocycles. The summed E-state index contributed by atoms with van der Waals surface area (Å²) < 4.78 is 7.58. The number of H-pyrrole nitrogens is 2. The number of nitrogens with zero attached hydrogens (tertiary/aromatic N) is 6. The predicted molar refractivity (Wildman–Crippen MR) is 130 cm³/mol. The monoisotopic (exact) mass is 486 g/mol. The quantitative estimate of drug-likeness (QED) is 0.328. The van der Waals surface area contributed by atoms with Gasteiger partial charge in [0.15, 0.2) is 17.0 Å². The number of nitrogens with one attached hydrogen (secondary N) is 2. The minimum Gasteiger partial charge on any atom is -0.468 e. The number of esters is 1. The maximum absolute atomic E-state index is 12.8. The molecule has 0 atom stereocenters. The third kappa shape index (κ3) is 4.08. The van der Waals surface area contributed by atoms with Gasteiger partial charge in [0.1, 0.15) is 12.4 Å². The number of hydrogen-bond acceptors (Lipinski definition) is 8. The van der Waals surface area contributed by atoms with E-state index in [0.29, 0.717) is 24.6 Å². The van der Waals surface area contributed by atoms with Crippen LogP contribution in [0.3, 0.4) is 0 Å². The normalized spacial score (nSPS) is 11.2. The lowest BCUT2D eigenvalue weighted by molar-refractivity contribution is -0.141. The number of ether oxygens (including phenoxy) is 1. The summed E-state index contributed by atoms with van der Waals surface area (Å²) in [5.74, 6) is 0.575. The Morgan fingerprint density at radius 2 is 1.78 bits per heavy atom. The summed E-state index contributed by atoms with van der Waals surface area (Å²) in [7, 11) is 1.23. The van der Waals surface area contributed by atoms with E-state index in [9.17, 15) is 14.4 Å². The molecule has 0 unspecified atom stereocenters. The molecule has 0 spiro atoms. The molecule has 0 aliphatic heterocycles. The van der Waals surface area contributed by atoms with Crippen LogP contribution in [0, 0.1) is 0 Å². The minimum atomic E-state index is -0.713. The van der Waals surface area contributed by atoms with Gasteiger partial charge in [-0.05, 0) is 27.1 Å². The smallest absolute Gasteiger partial charge is 0.330 e. The lowest BCUT2D eigenvalue weighted by Crippen LogP contribution is -2.33. The van der Waals surface area contributed by atoms with E-state index in [1.165, 1.54) is 7.11 Å². The number of methoxy groups -OCH3 is 1. The molecule has 0 aliphatic rings. The number of carbonyl (C=O) groups is 1. The maximum atomic E-state index is 12.8. The highest BCUT2D eigenvalue weighted by molar-refractivity contribution is 5.80. The van der Waals surface area contributed by atoms with Gasteiger partial charge in [0, 0.05) is 18.5 Å². The second-order valence-electron chi connectivity index (χ2n) is 8.05. The van der Waals surface area contributed by atoms with E-state index in [-0.39, 0.29) is 17.7 Å². The molecule has 182 valence electrons. The maximum Gasteiger partial charge on any atom is 0.330 e. The molecule has 5 aromatic rings. The van der Waals surface area contributed by atoms with Gasteiger partial charge in [-0.25, -0.2) is 14.9 Å². The van der Waals surface area contributed by atoms with Gasteiger partial charge in [0.25, 0.3) is 5.56 Å². The fourth-order valence-corrected chi connectivity index (χ4v) is 4.19. The highest BCUT2D eigenvalue weighted by Crippen LogP contribution is 2.30. The van der Waals surface area contributed by atoms with Crippen LogP contribution in [0.4, 0.5) is 0 Å². The van der Waals surface area contributed by atoms with E-state index >= 15 is 0 Å². The van der Waals surface area contributed by atoms with Crippen LogP contribution in [0.25, 0.3) is 33.7 Å². The average molecular weight is 486 g/mol. The van der Waals surface area contributed by atoms with E-state index in [1.807, 2.05) is 55.5 Å². The lowest BCUT2D eigenvalue weighted by atomic mass is 9.98. The zero-order valence-electron chi connectivity index (χ0n) is 19.6. The summed E-state index contributed by atoms with van der Waals surface area (Å²) in [6, 6.07) is 15.7. The van der Waals surface area contributed by atoms with Gasteiger partial charge in [0.05, 0.1) is 7.11 Å². The molecule has 0 saturated carbocycles. The first-order valence-corrected chi connectivity index (χ1v) is 11.2. The molecule has 0 saturated heterocycles. The van der Waals surface area contributed by atoms with Gasteiger partial charge in [0.2, 0.25) is 0 Å². The molecule has 12 heteroatoms. The van der Waals surface area contributed by atoms with Gasteiger partial charge < -0.3 is 9.30 Å². The molecule has 5 rings (SSSR count). The third-order valence-electron chi connectivity index (χ3n) is 5.93. The van der Waals surface area contributed by atoms with Gasteiger partial charge in [-0.3, -0.25) is 19.1 Å². The molecular weight excluding hydrogens is 464 g/mol. The van der Waals surface area contributed by atoms with Crippen molar-refractivity contribution in [2.45, 2.75) is 26.4 Å². The number of tetrazole rings is 1. The summed E-state index contributed by atoms with van der Waals surface area (Å²) >= 11 is 0. The fourth-order valence-electron chi connectivity index (χ4n) is 4.19. The summed E-state index contributed by atoms with van der Waals surface area (Å²) in [5, 5.41) is 14.1. The molecule has 36 heavy (non-hydrogen) atoms. The number of aromatic amines is 2. The first-order chi connectivity index (χ1) is 17.5. The molecule has 0 fully saturated rings. The summed E-state index contributed by atoms with van der Waals surface area (Å²) in [5.41, 5.74) is 2.84. The second kappa shape index (κ2) is 9.41. The number of aryl methyl sites for hydroxylation is 1. The molecule has 0 bridgehead atoms. The minimum absolute atomic E-state index is 0.150. The molecule has 2 N–H and O–H groups in total. The molecule has 0 radical (unpaired) electrons. The third-order valence-corrected chi connectivity index (χ3v) is 5.93. The molecule has 12 nitrogen and oxygen atoms in total. The number of aromatic nitrogens is 8. The Labute approximate surface area is 203 Å². The van der Waals surface area contributed by atoms with Crippen LogP contribution >= 0.6 is 0 Å². The zero-order valence-corrected chi connectivity index (χ0v) is 19.6. The summed E-state index contributed by atoms with van der Waals surface area (Å²) in [4.78, 5) is 43.8. The van der Waals surface area contributed by atoms with E-state index < -0.39 is 17.2 Å². The summed E-state index contributed by atoms with van der Waals surface area (Å²) in [6.07, 6.45) is 0.525. The fraction of sp³-hybridized carbons (Fsp3) is 0.208. The largest absolute Gasteiger partial charge is 0.468 e. The Hall–Kier alpha value is -4.87. The van der Waals surface area contributed by atoms with Gasteiger partial charge in [-0.15, -0.1) is 5.10 Å². The Bertz CT molecular complexity index is 1660. The van der Waals surface area contributed by atoms with Gasteiger partial charge in [-0.2, -0.15) is 0 Å². The molecule has 0 amide bonds. The van der Waals surface area contributed by atoms with Crippen LogP contribution in [0.1, 0.15) is 18.3 Å². The lowest BCUT2D eigenvalue weighted by Gasteiger charge is -2.11. The van der Waals surface area contributed by atoms with Crippen molar-refractivity contribution in [1.82, 2.24) is 39.7 Å². The number of hydrogen-bond donors (Lipinski definition) is 2. The predicted octanol–water partition coefficient (Wildman–Crippen LogP) is 1.52. The van der Waals surface area contributed by atoms with Crippen molar-refractivity contribution in [3.63, 3.8) is 0 Å². The highest BCUT2D eigenvalue weighted by Gasteiger charge is 2.20. The highest BCUT2D eigenvalue weighted by atomic mass is 16.5. The van der Waals surface area contributed by atoms with Gasteiger partial charge >= 0.3 is 11.7 Å². The first-order valence-electron chi connectivity index (χ1n) is 11.2. The van der Waals surface area contributed by atoms with Crippen molar-refractivity contribution in [2.75, 3.05) is 7.11 Å². The molecular formula is C24H22N8O4. The number of rotatable bonds is 7. The van der Waals surface area contributed by atoms with E-state index in [2.05, 4.69) is 35.3 Å². The van der Waals surface area contributed by atoms with Crippen LogP contribution in [-0.4, -0.2) is 52.8 Å². The Morgan fingerprint density at radius 3 is 2.44 bits per heavy atom. The van der Waals surface area contributed by atoms with Crippen molar-refractivity contribution in [2.24, 2.45) is 0 Å². The zero-order chi connectivity index (χ0) is 25.2. The number of fused-ring (bicyclic) bond motifs is 1. The Balaban J connectivity index is 1.53. The van der Waals surface area contributed by atoms with Crippen LogP contribution < -0.4 is 11.2 Å². The summed E-state index contributed by atoms with van der Waals surface area (Å²) in [6.45, 7) is 1.91. The molecule has 3 aromatic heterocycles. The van der Waals surface area contributed by atoms with E-state index in [1.54, 1.807) is 4.57 Å². The number of imidazole rings is 1. The second-order valence-corrected chi connectivity index (χ2v) is 8.05. The van der Waals surface area contributed by atoms with Crippen LogP contribution in [-0.2, 0) is 29.0 Å². The van der Waals surface area contributed by atoms with Crippen molar-refractivity contribution in [1.29, 1.82) is 0 Å².